The summed E-state index contributed by atoms with van der Waals surface area (Å²) in [7, 11) is 1.29. The van der Waals surface area contributed by atoms with Gasteiger partial charge in [-0.25, -0.2) is 9.78 Å². The molecule has 0 aromatic carbocycles. The smallest absolute Gasteiger partial charge is 0.368 e. The molecule has 15 heteroatoms. The van der Waals surface area contributed by atoms with Gasteiger partial charge < -0.3 is 14.2 Å². The highest BCUT2D eigenvalue weighted by atomic mass is 19.4. The van der Waals surface area contributed by atoms with Crippen molar-refractivity contribution >= 4 is 11.2 Å². The van der Waals surface area contributed by atoms with Gasteiger partial charge in [0.2, 0.25) is 0 Å². The molecule has 0 unspecified atom stereocenters. The number of alkyl halides is 6. The van der Waals surface area contributed by atoms with Crippen molar-refractivity contribution in [3.63, 3.8) is 0 Å². The predicted molar refractivity (Wildman–Crippen MR) is 102 cm³/mol. The lowest BCUT2D eigenvalue weighted by Crippen LogP contribution is -2.54. The fourth-order valence-corrected chi connectivity index (χ4v) is 3.04. The molecule has 0 aliphatic carbocycles. The molecule has 0 aliphatic rings. The number of aliphatic hydroxyl groups is 1. The zero-order valence-electron chi connectivity index (χ0n) is 18.0. The quantitative estimate of drug-likeness (QED) is 0.557. The van der Waals surface area contributed by atoms with Crippen LogP contribution in [0.1, 0.15) is 38.6 Å². The third kappa shape index (κ3) is 4.28. The lowest BCUT2D eigenvalue weighted by molar-refractivity contribution is -0.377. The summed E-state index contributed by atoms with van der Waals surface area (Å²) in [5.74, 6) is -0.679. The van der Waals surface area contributed by atoms with E-state index in [1.807, 2.05) is 20.8 Å². The molecular weight excluding hydrogens is 464 g/mol. The van der Waals surface area contributed by atoms with Crippen molar-refractivity contribution in [2.75, 3.05) is 0 Å². The molecule has 3 aromatic rings. The van der Waals surface area contributed by atoms with Crippen LogP contribution in [0.3, 0.4) is 0 Å². The Morgan fingerprint density at radius 1 is 1.09 bits per heavy atom. The van der Waals surface area contributed by atoms with Crippen LogP contribution in [0.5, 0.6) is 0 Å². The third-order valence-electron chi connectivity index (χ3n) is 4.63. The van der Waals surface area contributed by atoms with E-state index >= 15 is 0 Å². The molecule has 3 heterocycles. The van der Waals surface area contributed by atoms with E-state index in [2.05, 4.69) is 14.7 Å². The van der Waals surface area contributed by atoms with Crippen LogP contribution in [0.25, 0.3) is 11.2 Å². The molecule has 0 amide bonds. The van der Waals surface area contributed by atoms with Gasteiger partial charge in [-0.3, -0.25) is 13.9 Å². The van der Waals surface area contributed by atoms with Crippen molar-refractivity contribution in [1.29, 1.82) is 0 Å². The molecule has 1 N–H and O–H groups in total. The van der Waals surface area contributed by atoms with E-state index in [4.69, 9.17) is 0 Å². The van der Waals surface area contributed by atoms with Crippen LogP contribution < -0.4 is 11.2 Å². The summed E-state index contributed by atoms with van der Waals surface area (Å²) in [6.45, 7) is 5.38. The fraction of sp³-hybridized carbons (Fsp3) is 0.556. The summed E-state index contributed by atoms with van der Waals surface area (Å²) < 4.78 is 85.4. The van der Waals surface area contributed by atoms with E-state index in [9.17, 15) is 41.0 Å². The van der Waals surface area contributed by atoms with E-state index in [1.165, 1.54) is 17.9 Å². The average molecular weight is 485 g/mol. The molecule has 0 radical (unpaired) electrons. The average Bonchev–Trinajstić information content (AvgIpc) is 3.36. The molecule has 3 aromatic heterocycles. The Morgan fingerprint density at radius 3 is 2.18 bits per heavy atom. The highest BCUT2D eigenvalue weighted by molar-refractivity contribution is 5.69. The molecule has 0 saturated heterocycles. The van der Waals surface area contributed by atoms with Crippen LogP contribution in [0.15, 0.2) is 26.5 Å². The Hall–Kier alpha value is -3.10. The van der Waals surface area contributed by atoms with Gasteiger partial charge in [0.05, 0.1) is 12.9 Å². The van der Waals surface area contributed by atoms with Gasteiger partial charge in [-0.1, -0.05) is 25.9 Å². The fourth-order valence-electron chi connectivity index (χ4n) is 3.04. The molecule has 0 spiro atoms. The first kappa shape index (κ1) is 26.2. The van der Waals surface area contributed by atoms with Gasteiger partial charge in [0.15, 0.2) is 16.9 Å². The van der Waals surface area contributed by atoms with Gasteiger partial charge in [-0.2, -0.15) is 26.3 Å². The Bertz CT molecular complexity index is 1220. The van der Waals surface area contributed by atoms with Crippen molar-refractivity contribution in [2.24, 2.45) is 7.05 Å². The summed E-state index contributed by atoms with van der Waals surface area (Å²) in [6, 6.07) is 0.195. The van der Waals surface area contributed by atoms with E-state index in [-0.39, 0.29) is 17.2 Å². The Balaban J connectivity index is 0.00000187. The number of hydrogen-bond acceptors (Lipinski definition) is 6. The summed E-state index contributed by atoms with van der Waals surface area (Å²) in [5, 5.41) is 12.1. The molecule has 0 bridgehead atoms. The topological polar surface area (TPSA) is 108 Å². The second-order valence-corrected chi connectivity index (χ2v) is 6.73. The highest BCUT2D eigenvalue weighted by Crippen LogP contribution is 2.49. The zero-order chi connectivity index (χ0) is 25.4. The molecule has 33 heavy (non-hydrogen) atoms. The van der Waals surface area contributed by atoms with Gasteiger partial charge in [0.25, 0.3) is 5.56 Å². The molecule has 184 valence electrons. The van der Waals surface area contributed by atoms with Crippen molar-refractivity contribution in [3.05, 3.63) is 44.7 Å². The third-order valence-corrected chi connectivity index (χ3v) is 4.63. The molecule has 9 nitrogen and oxygen atoms in total. The summed E-state index contributed by atoms with van der Waals surface area (Å²) in [6.07, 6.45) is -10.4. The lowest BCUT2D eigenvalue weighted by atomic mass is 9.98. The minimum Gasteiger partial charge on any atom is -0.368 e. The molecule has 0 fully saturated rings. The van der Waals surface area contributed by atoms with E-state index in [0.29, 0.717) is 17.5 Å². The number of fused-ring (bicyclic) bond motifs is 1. The maximum absolute atomic E-state index is 13.0. The summed E-state index contributed by atoms with van der Waals surface area (Å²) in [4.78, 5) is 29.3. The van der Waals surface area contributed by atoms with Crippen LogP contribution in [-0.4, -0.2) is 41.3 Å². The normalized spacial score (nSPS) is 12.7. The first-order valence-corrected chi connectivity index (χ1v) is 9.70. The SMILES string of the molecule is CC.CCCn1cnc2c1c(=O)n(Cc1cc(C(O)(C(F)(F)F)C(F)(F)F)no1)c(=O)n2C. The number of halogens is 6. The second kappa shape index (κ2) is 9.03. The van der Waals surface area contributed by atoms with Crippen molar-refractivity contribution in [1.82, 2.24) is 23.8 Å². The maximum atomic E-state index is 13.0. The number of aryl methyl sites for hydroxylation is 2. The zero-order valence-corrected chi connectivity index (χ0v) is 18.0. The van der Waals surface area contributed by atoms with E-state index < -0.39 is 47.2 Å². The van der Waals surface area contributed by atoms with Gasteiger partial charge in [0.1, 0.15) is 5.69 Å². The minimum absolute atomic E-state index is 0.0192. The van der Waals surface area contributed by atoms with Crippen LogP contribution in [-0.2, 0) is 25.7 Å². The van der Waals surface area contributed by atoms with Crippen LogP contribution >= 0.6 is 0 Å². The van der Waals surface area contributed by atoms with Crippen molar-refractivity contribution in [3.8, 4) is 0 Å². The minimum atomic E-state index is -6.15. The maximum Gasteiger partial charge on any atom is 0.432 e. The molecule has 0 aliphatic heterocycles. The monoisotopic (exact) mass is 485 g/mol. The molecule has 3 rings (SSSR count). The van der Waals surface area contributed by atoms with Gasteiger partial charge in [0, 0.05) is 19.7 Å². The second-order valence-electron chi connectivity index (χ2n) is 6.73. The number of nitrogens with zero attached hydrogens (tertiary/aromatic N) is 5. The largest absolute Gasteiger partial charge is 0.432 e. The first-order valence-electron chi connectivity index (χ1n) is 9.70. The number of hydrogen-bond donors (Lipinski definition) is 1. The van der Waals surface area contributed by atoms with Gasteiger partial charge >= 0.3 is 23.6 Å². The number of imidazole rings is 1. The predicted octanol–water partition coefficient (Wildman–Crippen LogP) is 2.68. The van der Waals surface area contributed by atoms with E-state index in [0.717, 1.165) is 4.57 Å². The number of aromatic nitrogens is 5. The lowest BCUT2D eigenvalue weighted by Gasteiger charge is -2.30. The van der Waals surface area contributed by atoms with E-state index in [1.54, 1.807) is 0 Å². The highest BCUT2D eigenvalue weighted by Gasteiger charge is 2.73. The van der Waals surface area contributed by atoms with Crippen LogP contribution in [0.4, 0.5) is 26.3 Å². The van der Waals surface area contributed by atoms with Gasteiger partial charge in [-0.15, -0.1) is 0 Å². The molecular formula is C18H21F6N5O4. The van der Waals surface area contributed by atoms with Crippen LogP contribution in [0, 0.1) is 0 Å². The van der Waals surface area contributed by atoms with Crippen LogP contribution in [0.2, 0.25) is 0 Å². The molecule has 0 saturated carbocycles. The van der Waals surface area contributed by atoms with Gasteiger partial charge in [-0.05, 0) is 6.42 Å². The Labute approximate surface area is 181 Å². The Kier molecular flexibility index (Phi) is 7.16. The number of rotatable bonds is 5. The summed E-state index contributed by atoms with van der Waals surface area (Å²) >= 11 is 0. The summed E-state index contributed by atoms with van der Waals surface area (Å²) in [5.41, 5.74) is -8.89. The van der Waals surface area contributed by atoms with Crippen molar-refractivity contribution < 1.29 is 36.0 Å². The molecule has 0 atom stereocenters. The first-order chi connectivity index (χ1) is 15.2. The standard InChI is InChI=1S/C16H15F6N5O4.C2H6/c1-3-4-26-7-23-11-10(26)12(28)27(13(29)25(11)2)6-8-5-9(24-31-8)14(30,15(17,18)19)16(20,21)22;1-2/h5,7,30H,3-4,6H2,1-2H3;1-2H3. The Morgan fingerprint density at radius 2 is 1.67 bits per heavy atom. The van der Waals surface area contributed by atoms with Crippen molar-refractivity contribution in [2.45, 2.75) is 58.2 Å².